The topological polar surface area (TPSA) is 87.4 Å². The van der Waals surface area contributed by atoms with Crippen LogP contribution < -0.4 is 5.73 Å². The molecule has 0 saturated heterocycles. The number of anilines is 1. The summed E-state index contributed by atoms with van der Waals surface area (Å²) >= 11 is 0. The standard InChI is InChI=1S/C12H15N7/c1-3-8-5-14-6-9-10(8)18(4-2)12(17-9)19-11(13)15-7-16-19/h5-7H,3-4H2,1-2H3,(H2,13,15,16). The molecule has 7 heteroatoms. The second-order valence-electron chi connectivity index (χ2n) is 4.21. The number of fused-ring (bicyclic) bond motifs is 1. The van der Waals surface area contributed by atoms with Crippen LogP contribution >= 0.6 is 0 Å². The summed E-state index contributed by atoms with van der Waals surface area (Å²) < 4.78 is 3.63. The molecule has 0 saturated carbocycles. The quantitative estimate of drug-likeness (QED) is 0.761. The SMILES string of the molecule is CCc1cncc2nc(-n3ncnc3N)n(CC)c12. The van der Waals surface area contributed by atoms with Crippen molar-refractivity contribution in [3.8, 4) is 5.95 Å². The minimum Gasteiger partial charge on any atom is -0.368 e. The fourth-order valence-corrected chi connectivity index (χ4v) is 2.27. The van der Waals surface area contributed by atoms with Crippen molar-refractivity contribution in [2.75, 3.05) is 5.73 Å². The largest absolute Gasteiger partial charge is 0.368 e. The first-order valence-corrected chi connectivity index (χ1v) is 6.25. The summed E-state index contributed by atoms with van der Waals surface area (Å²) in [7, 11) is 0. The van der Waals surface area contributed by atoms with Crippen molar-refractivity contribution in [2.24, 2.45) is 0 Å². The Bertz CT molecular complexity index is 725. The number of nitrogens with zero attached hydrogens (tertiary/aromatic N) is 6. The van der Waals surface area contributed by atoms with Crippen molar-refractivity contribution in [2.45, 2.75) is 26.8 Å². The van der Waals surface area contributed by atoms with Gasteiger partial charge in [0.05, 0.1) is 11.7 Å². The highest BCUT2D eigenvalue weighted by atomic mass is 15.4. The van der Waals surface area contributed by atoms with Gasteiger partial charge in [0.15, 0.2) is 0 Å². The Morgan fingerprint density at radius 1 is 1.26 bits per heavy atom. The Morgan fingerprint density at radius 2 is 2.11 bits per heavy atom. The van der Waals surface area contributed by atoms with Crippen LogP contribution in [0.4, 0.5) is 5.95 Å². The van der Waals surface area contributed by atoms with Crippen LogP contribution in [-0.2, 0) is 13.0 Å². The first-order valence-electron chi connectivity index (χ1n) is 6.25. The Kier molecular flexibility index (Phi) is 2.66. The van der Waals surface area contributed by atoms with E-state index in [9.17, 15) is 0 Å². The minimum absolute atomic E-state index is 0.330. The monoisotopic (exact) mass is 257 g/mol. The van der Waals surface area contributed by atoms with Crippen LogP contribution in [0.25, 0.3) is 17.0 Å². The molecule has 98 valence electrons. The molecular weight excluding hydrogens is 242 g/mol. The summed E-state index contributed by atoms with van der Waals surface area (Å²) in [5, 5.41) is 4.12. The van der Waals surface area contributed by atoms with Crippen LogP contribution in [0.2, 0.25) is 0 Å². The summed E-state index contributed by atoms with van der Waals surface area (Å²) in [6.45, 7) is 4.95. The van der Waals surface area contributed by atoms with Crippen LogP contribution in [0.3, 0.4) is 0 Å². The molecule has 0 fully saturated rings. The third kappa shape index (κ3) is 1.66. The molecule has 0 aliphatic heterocycles. The number of hydrogen-bond donors (Lipinski definition) is 1. The van der Waals surface area contributed by atoms with E-state index in [0.717, 1.165) is 29.6 Å². The lowest BCUT2D eigenvalue weighted by atomic mass is 10.2. The van der Waals surface area contributed by atoms with E-state index in [2.05, 4.69) is 38.5 Å². The number of aryl methyl sites for hydroxylation is 2. The van der Waals surface area contributed by atoms with Crippen LogP contribution in [0.1, 0.15) is 19.4 Å². The van der Waals surface area contributed by atoms with E-state index in [-0.39, 0.29) is 0 Å². The highest BCUT2D eigenvalue weighted by Gasteiger charge is 2.16. The van der Waals surface area contributed by atoms with E-state index in [1.807, 2.05) is 6.20 Å². The van der Waals surface area contributed by atoms with Crippen LogP contribution in [0.5, 0.6) is 0 Å². The van der Waals surface area contributed by atoms with E-state index in [1.54, 1.807) is 10.9 Å². The average molecular weight is 257 g/mol. The van der Waals surface area contributed by atoms with Crippen LogP contribution in [0, 0.1) is 0 Å². The lowest BCUT2D eigenvalue weighted by Crippen LogP contribution is -2.10. The Labute approximate surface area is 110 Å². The maximum absolute atomic E-state index is 5.81. The van der Waals surface area contributed by atoms with E-state index >= 15 is 0 Å². The van der Waals surface area contributed by atoms with Gasteiger partial charge in [0, 0.05) is 12.7 Å². The van der Waals surface area contributed by atoms with Crippen molar-refractivity contribution >= 4 is 17.0 Å². The number of nitrogens with two attached hydrogens (primary N) is 1. The molecule has 2 N–H and O–H groups in total. The van der Waals surface area contributed by atoms with Gasteiger partial charge in [-0.3, -0.25) is 4.98 Å². The van der Waals surface area contributed by atoms with Gasteiger partial charge in [-0.25, -0.2) is 4.98 Å². The van der Waals surface area contributed by atoms with Gasteiger partial charge in [0.25, 0.3) is 0 Å². The summed E-state index contributed by atoms with van der Waals surface area (Å²) in [6.07, 6.45) is 5.97. The average Bonchev–Trinajstić information content (AvgIpc) is 3.00. The van der Waals surface area contributed by atoms with Gasteiger partial charge in [0.2, 0.25) is 11.9 Å². The molecule has 0 amide bonds. The number of rotatable bonds is 3. The first-order chi connectivity index (χ1) is 9.26. The predicted octanol–water partition coefficient (Wildman–Crippen LogP) is 1.18. The second kappa shape index (κ2) is 4.34. The van der Waals surface area contributed by atoms with Crippen molar-refractivity contribution < 1.29 is 0 Å². The van der Waals surface area contributed by atoms with Crippen LogP contribution in [0.15, 0.2) is 18.7 Å². The van der Waals surface area contributed by atoms with Gasteiger partial charge in [-0.2, -0.15) is 14.8 Å². The van der Waals surface area contributed by atoms with Gasteiger partial charge in [0.1, 0.15) is 11.8 Å². The van der Waals surface area contributed by atoms with E-state index < -0.39 is 0 Å². The molecule has 3 aromatic rings. The summed E-state index contributed by atoms with van der Waals surface area (Å²) in [6, 6.07) is 0. The van der Waals surface area contributed by atoms with Crippen molar-refractivity contribution in [3.05, 3.63) is 24.3 Å². The smallest absolute Gasteiger partial charge is 0.235 e. The highest BCUT2D eigenvalue weighted by molar-refractivity contribution is 5.80. The van der Waals surface area contributed by atoms with Crippen LogP contribution in [-0.4, -0.2) is 29.3 Å². The Morgan fingerprint density at radius 3 is 2.74 bits per heavy atom. The predicted molar refractivity (Wildman–Crippen MR) is 71.9 cm³/mol. The Hall–Kier alpha value is -2.44. The van der Waals surface area contributed by atoms with Gasteiger partial charge in [-0.1, -0.05) is 6.92 Å². The third-order valence-corrected chi connectivity index (χ3v) is 3.17. The Balaban J connectivity index is 2.35. The lowest BCUT2D eigenvalue weighted by molar-refractivity contribution is 0.704. The molecule has 3 heterocycles. The fourth-order valence-electron chi connectivity index (χ4n) is 2.27. The van der Waals surface area contributed by atoms with Gasteiger partial charge in [-0.15, -0.1) is 0 Å². The minimum atomic E-state index is 0.330. The molecule has 3 aromatic heterocycles. The highest BCUT2D eigenvalue weighted by Crippen LogP contribution is 2.22. The number of imidazole rings is 1. The van der Waals surface area contributed by atoms with Crippen molar-refractivity contribution in [3.63, 3.8) is 0 Å². The number of hydrogen-bond acceptors (Lipinski definition) is 5. The number of pyridine rings is 1. The molecule has 0 atom stereocenters. The normalized spacial score (nSPS) is 11.3. The van der Waals surface area contributed by atoms with Gasteiger partial charge in [-0.05, 0) is 18.9 Å². The first kappa shape index (κ1) is 11.6. The van der Waals surface area contributed by atoms with E-state index in [1.165, 1.54) is 6.33 Å². The molecule has 0 aromatic carbocycles. The molecule has 3 rings (SSSR count). The second-order valence-corrected chi connectivity index (χ2v) is 4.21. The molecule has 0 unspecified atom stereocenters. The lowest BCUT2D eigenvalue weighted by Gasteiger charge is -2.08. The fraction of sp³-hybridized carbons (Fsp3) is 0.333. The van der Waals surface area contributed by atoms with Crippen molar-refractivity contribution in [1.29, 1.82) is 0 Å². The summed E-state index contributed by atoms with van der Waals surface area (Å²) in [4.78, 5) is 12.7. The maximum Gasteiger partial charge on any atom is 0.235 e. The summed E-state index contributed by atoms with van der Waals surface area (Å²) in [5.74, 6) is 1.01. The molecule has 0 bridgehead atoms. The van der Waals surface area contributed by atoms with Gasteiger partial charge < -0.3 is 10.3 Å². The van der Waals surface area contributed by atoms with E-state index in [4.69, 9.17) is 5.73 Å². The zero-order valence-corrected chi connectivity index (χ0v) is 10.9. The summed E-state index contributed by atoms with van der Waals surface area (Å²) in [5.41, 5.74) is 8.91. The molecule has 7 nitrogen and oxygen atoms in total. The molecule has 0 aliphatic carbocycles. The molecular formula is C12H15N7. The number of nitrogen functional groups attached to an aromatic ring is 1. The maximum atomic E-state index is 5.81. The molecule has 0 radical (unpaired) electrons. The van der Waals surface area contributed by atoms with E-state index in [0.29, 0.717) is 11.9 Å². The zero-order valence-electron chi connectivity index (χ0n) is 10.9. The number of aromatic nitrogens is 6. The molecule has 0 spiro atoms. The molecule has 19 heavy (non-hydrogen) atoms. The van der Waals surface area contributed by atoms with Crippen molar-refractivity contribution in [1.82, 2.24) is 29.3 Å². The molecule has 0 aliphatic rings. The zero-order chi connectivity index (χ0) is 13.4. The van der Waals surface area contributed by atoms with Gasteiger partial charge >= 0.3 is 0 Å². The third-order valence-electron chi connectivity index (χ3n) is 3.17.